The number of hydrogen-bond acceptors (Lipinski definition) is 4. The summed E-state index contributed by atoms with van der Waals surface area (Å²) in [6, 6.07) is 0. The minimum atomic E-state index is 0.432. The van der Waals surface area contributed by atoms with Crippen LogP contribution >= 0.6 is 0 Å². The summed E-state index contributed by atoms with van der Waals surface area (Å²) in [4.78, 5) is 4.25. The average Bonchev–Trinajstić information content (AvgIpc) is 2.95. The molecule has 0 amide bonds. The van der Waals surface area contributed by atoms with E-state index in [2.05, 4.69) is 22.3 Å². The topological polar surface area (TPSA) is 52.0 Å². The SMILES string of the molecule is CCNCc1ncn(CCC2CCCO2)n1. The molecule has 2 rings (SSSR count). The molecule has 5 heteroatoms. The molecule has 1 unspecified atom stereocenters. The number of nitrogens with zero attached hydrogens (tertiary/aromatic N) is 3. The second kappa shape index (κ2) is 5.96. The second-order valence-electron chi connectivity index (χ2n) is 4.13. The van der Waals surface area contributed by atoms with Crippen LogP contribution in [0.15, 0.2) is 6.33 Å². The van der Waals surface area contributed by atoms with Gasteiger partial charge in [0.05, 0.1) is 12.6 Å². The van der Waals surface area contributed by atoms with Crippen molar-refractivity contribution in [2.24, 2.45) is 0 Å². The molecule has 0 aliphatic carbocycles. The fourth-order valence-electron chi connectivity index (χ4n) is 1.91. The average molecular weight is 224 g/mol. The van der Waals surface area contributed by atoms with Crippen LogP contribution in [0.25, 0.3) is 0 Å². The Morgan fingerprint density at radius 1 is 1.62 bits per heavy atom. The van der Waals surface area contributed by atoms with E-state index in [0.717, 1.165) is 38.5 Å². The lowest BCUT2D eigenvalue weighted by molar-refractivity contribution is 0.0994. The van der Waals surface area contributed by atoms with Crippen LogP contribution in [0, 0.1) is 0 Å². The first-order chi connectivity index (χ1) is 7.88. The van der Waals surface area contributed by atoms with Crippen molar-refractivity contribution in [2.75, 3.05) is 13.2 Å². The van der Waals surface area contributed by atoms with Gasteiger partial charge in [-0.05, 0) is 25.8 Å². The Balaban J connectivity index is 1.73. The molecule has 2 heterocycles. The van der Waals surface area contributed by atoms with Crippen molar-refractivity contribution < 1.29 is 4.74 Å². The Kier molecular flexibility index (Phi) is 4.30. The Labute approximate surface area is 96.2 Å². The summed E-state index contributed by atoms with van der Waals surface area (Å²) < 4.78 is 7.48. The molecule has 5 nitrogen and oxygen atoms in total. The van der Waals surface area contributed by atoms with E-state index in [4.69, 9.17) is 4.74 Å². The second-order valence-corrected chi connectivity index (χ2v) is 4.13. The fraction of sp³-hybridized carbons (Fsp3) is 0.818. The number of rotatable bonds is 6. The first kappa shape index (κ1) is 11.5. The van der Waals surface area contributed by atoms with Crippen LogP contribution in [0.1, 0.15) is 32.0 Å². The zero-order valence-electron chi connectivity index (χ0n) is 9.85. The van der Waals surface area contributed by atoms with E-state index in [1.165, 1.54) is 12.8 Å². The lowest BCUT2D eigenvalue weighted by atomic mass is 10.2. The van der Waals surface area contributed by atoms with Crippen LogP contribution in [0.4, 0.5) is 0 Å². The molecule has 1 aromatic heterocycles. The minimum Gasteiger partial charge on any atom is -0.378 e. The lowest BCUT2D eigenvalue weighted by Crippen LogP contribution is -2.14. The molecule has 1 aromatic rings. The highest BCUT2D eigenvalue weighted by atomic mass is 16.5. The Morgan fingerprint density at radius 2 is 2.56 bits per heavy atom. The third-order valence-electron chi connectivity index (χ3n) is 2.82. The number of aryl methyl sites for hydroxylation is 1. The largest absolute Gasteiger partial charge is 0.378 e. The summed E-state index contributed by atoms with van der Waals surface area (Å²) in [5, 5.41) is 7.61. The fourth-order valence-corrected chi connectivity index (χ4v) is 1.91. The Bertz CT molecular complexity index is 307. The maximum atomic E-state index is 5.57. The summed E-state index contributed by atoms with van der Waals surface area (Å²) in [7, 11) is 0. The summed E-state index contributed by atoms with van der Waals surface area (Å²) in [5.74, 6) is 0.870. The molecule has 0 saturated carbocycles. The number of ether oxygens (including phenoxy) is 1. The molecule has 0 radical (unpaired) electrons. The molecular weight excluding hydrogens is 204 g/mol. The first-order valence-corrected chi connectivity index (χ1v) is 6.09. The van der Waals surface area contributed by atoms with Crippen LogP contribution < -0.4 is 5.32 Å². The zero-order chi connectivity index (χ0) is 11.2. The van der Waals surface area contributed by atoms with E-state index in [-0.39, 0.29) is 0 Å². The van der Waals surface area contributed by atoms with Gasteiger partial charge in [0.1, 0.15) is 6.33 Å². The maximum absolute atomic E-state index is 5.57. The van der Waals surface area contributed by atoms with Crippen molar-refractivity contribution in [2.45, 2.75) is 45.4 Å². The number of nitrogens with one attached hydrogen (secondary N) is 1. The van der Waals surface area contributed by atoms with Gasteiger partial charge in [0.15, 0.2) is 5.82 Å². The monoisotopic (exact) mass is 224 g/mol. The third-order valence-corrected chi connectivity index (χ3v) is 2.82. The highest BCUT2D eigenvalue weighted by Gasteiger charge is 2.15. The summed E-state index contributed by atoms with van der Waals surface area (Å²) in [5.41, 5.74) is 0. The van der Waals surface area contributed by atoms with Gasteiger partial charge in [0.25, 0.3) is 0 Å². The molecule has 0 spiro atoms. The maximum Gasteiger partial charge on any atom is 0.164 e. The predicted molar refractivity (Wildman–Crippen MR) is 61.0 cm³/mol. The van der Waals surface area contributed by atoms with E-state index >= 15 is 0 Å². The zero-order valence-corrected chi connectivity index (χ0v) is 9.85. The lowest BCUT2D eigenvalue weighted by Gasteiger charge is -2.07. The third kappa shape index (κ3) is 3.28. The van der Waals surface area contributed by atoms with Crippen LogP contribution in [-0.2, 0) is 17.8 Å². The highest BCUT2D eigenvalue weighted by Crippen LogP contribution is 2.15. The smallest absolute Gasteiger partial charge is 0.164 e. The van der Waals surface area contributed by atoms with Gasteiger partial charge in [-0.25, -0.2) is 4.98 Å². The van der Waals surface area contributed by atoms with E-state index in [1.807, 2.05) is 11.0 Å². The molecule has 1 saturated heterocycles. The van der Waals surface area contributed by atoms with Crippen molar-refractivity contribution in [3.05, 3.63) is 12.2 Å². The quantitative estimate of drug-likeness (QED) is 0.782. The normalized spacial score (nSPS) is 20.4. The van der Waals surface area contributed by atoms with Crippen LogP contribution in [0.2, 0.25) is 0 Å². The molecule has 1 aliphatic rings. The van der Waals surface area contributed by atoms with Gasteiger partial charge in [-0.3, -0.25) is 4.68 Å². The van der Waals surface area contributed by atoms with Gasteiger partial charge in [0, 0.05) is 13.2 Å². The molecule has 1 N–H and O–H groups in total. The van der Waals surface area contributed by atoms with Crippen LogP contribution in [0.3, 0.4) is 0 Å². The van der Waals surface area contributed by atoms with Gasteiger partial charge in [-0.15, -0.1) is 0 Å². The molecule has 0 bridgehead atoms. The van der Waals surface area contributed by atoms with Gasteiger partial charge in [-0.1, -0.05) is 6.92 Å². The standard InChI is InChI=1S/C11H20N4O/c1-2-12-8-11-13-9-15(14-11)6-5-10-4-3-7-16-10/h9-10,12H,2-8H2,1H3. The van der Waals surface area contributed by atoms with Crippen LogP contribution in [-0.4, -0.2) is 34.0 Å². The summed E-state index contributed by atoms with van der Waals surface area (Å²) >= 11 is 0. The number of hydrogen-bond donors (Lipinski definition) is 1. The minimum absolute atomic E-state index is 0.432. The molecule has 1 aliphatic heterocycles. The summed E-state index contributed by atoms with van der Waals surface area (Å²) in [6.07, 6.45) is 5.68. The van der Waals surface area contributed by atoms with E-state index in [9.17, 15) is 0 Å². The van der Waals surface area contributed by atoms with E-state index in [0.29, 0.717) is 6.10 Å². The van der Waals surface area contributed by atoms with Gasteiger partial charge >= 0.3 is 0 Å². The van der Waals surface area contributed by atoms with Gasteiger partial charge in [0.2, 0.25) is 0 Å². The van der Waals surface area contributed by atoms with Crippen molar-refractivity contribution in [1.29, 1.82) is 0 Å². The molecule has 90 valence electrons. The van der Waals surface area contributed by atoms with Gasteiger partial charge < -0.3 is 10.1 Å². The van der Waals surface area contributed by atoms with E-state index in [1.54, 1.807) is 0 Å². The molecule has 0 aromatic carbocycles. The Hall–Kier alpha value is -0.940. The molecule has 1 atom stereocenters. The molecular formula is C11H20N4O. The van der Waals surface area contributed by atoms with Crippen molar-refractivity contribution in [1.82, 2.24) is 20.1 Å². The highest BCUT2D eigenvalue weighted by molar-refractivity contribution is 4.80. The van der Waals surface area contributed by atoms with E-state index < -0.39 is 0 Å². The van der Waals surface area contributed by atoms with Crippen molar-refractivity contribution >= 4 is 0 Å². The van der Waals surface area contributed by atoms with Crippen LogP contribution in [0.5, 0.6) is 0 Å². The van der Waals surface area contributed by atoms with Gasteiger partial charge in [-0.2, -0.15) is 5.10 Å². The molecule has 1 fully saturated rings. The predicted octanol–water partition coefficient (Wildman–Crippen LogP) is 0.957. The Morgan fingerprint density at radius 3 is 3.31 bits per heavy atom. The van der Waals surface area contributed by atoms with Crippen molar-refractivity contribution in [3.8, 4) is 0 Å². The number of aromatic nitrogens is 3. The first-order valence-electron chi connectivity index (χ1n) is 6.09. The molecule has 16 heavy (non-hydrogen) atoms. The van der Waals surface area contributed by atoms with Crippen molar-refractivity contribution in [3.63, 3.8) is 0 Å². The summed E-state index contributed by atoms with van der Waals surface area (Å²) in [6.45, 7) is 5.61.